The van der Waals surface area contributed by atoms with Gasteiger partial charge in [-0.3, -0.25) is 0 Å². The van der Waals surface area contributed by atoms with Gasteiger partial charge in [0.2, 0.25) is 0 Å². The van der Waals surface area contributed by atoms with Crippen LogP contribution in [-0.4, -0.2) is 4.98 Å². The van der Waals surface area contributed by atoms with Crippen molar-refractivity contribution >= 4 is 22.5 Å². The third kappa shape index (κ3) is 3.52. The van der Waals surface area contributed by atoms with E-state index in [-0.39, 0.29) is 0 Å². The van der Waals surface area contributed by atoms with Crippen molar-refractivity contribution in [3.63, 3.8) is 0 Å². The van der Waals surface area contributed by atoms with Crippen LogP contribution < -0.4 is 0 Å². The zero-order valence-electron chi connectivity index (χ0n) is 11.1. The summed E-state index contributed by atoms with van der Waals surface area (Å²) in [6.07, 6.45) is 11.4. The average Bonchev–Trinajstić information content (AvgIpc) is 2.76. The number of benzene rings is 1. The van der Waals surface area contributed by atoms with Gasteiger partial charge in [0.1, 0.15) is 0 Å². The molecule has 0 aliphatic heterocycles. The van der Waals surface area contributed by atoms with E-state index < -0.39 is 0 Å². The fourth-order valence-corrected chi connectivity index (χ4v) is 2.63. The quantitative estimate of drug-likeness (QED) is 0.615. The van der Waals surface area contributed by atoms with Crippen LogP contribution in [0, 0.1) is 0 Å². The van der Waals surface area contributed by atoms with Gasteiger partial charge < -0.3 is 4.98 Å². The Kier molecular flexibility index (Phi) is 5.12. The molecule has 1 aromatic carbocycles. The molecule has 0 radical (unpaired) electrons. The molecule has 1 nitrogen and oxygen atoms in total. The molecule has 0 spiro atoms. The van der Waals surface area contributed by atoms with E-state index >= 15 is 0 Å². The summed E-state index contributed by atoms with van der Waals surface area (Å²) >= 11 is 6.05. The average molecular weight is 264 g/mol. The molecule has 1 N–H and O–H groups in total. The van der Waals surface area contributed by atoms with E-state index in [0.717, 1.165) is 11.4 Å². The number of halogens is 1. The summed E-state index contributed by atoms with van der Waals surface area (Å²) < 4.78 is 0. The molecule has 1 heterocycles. The highest BCUT2D eigenvalue weighted by Crippen LogP contribution is 2.23. The van der Waals surface area contributed by atoms with Gasteiger partial charge in [-0.15, -0.1) is 0 Å². The number of H-pyrrole nitrogens is 1. The first-order valence-electron chi connectivity index (χ1n) is 7.07. The second-order valence-corrected chi connectivity index (χ2v) is 5.46. The lowest BCUT2D eigenvalue weighted by Crippen LogP contribution is -1.85. The van der Waals surface area contributed by atoms with Crippen LogP contribution in [0.3, 0.4) is 0 Å². The van der Waals surface area contributed by atoms with Crippen LogP contribution in [0.15, 0.2) is 24.4 Å². The Morgan fingerprint density at radius 3 is 2.67 bits per heavy atom. The minimum Gasteiger partial charge on any atom is -0.361 e. The summed E-state index contributed by atoms with van der Waals surface area (Å²) in [5.74, 6) is 0. The molecule has 0 saturated carbocycles. The number of hydrogen-bond acceptors (Lipinski definition) is 0. The molecule has 0 amide bonds. The summed E-state index contributed by atoms with van der Waals surface area (Å²) in [6.45, 7) is 2.26. The van der Waals surface area contributed by atoms with Gasteiger partial charge in [-0.1, -0.05) is 50.6 Å². The topological polar surface area (TPSA) is 15.8 Å². The highest BCUT2D eigenvalue weighted by atomic mass is 35.5. The molecule has 0 fully saturated rings. The molecule has 0 aliphatic rings. The molecule has 0 saturated heterocycles. The smallest absolute Gasteiger partial charge is 0.0457 e. The largest absolute Gasteiger partial charge is 0.361 e. The van der Waals surface area contributed by atoms with E-state index in [1.54, 1.807) is 0 Å². The van der Waals surface area contributed by atoms with Crippen molar-refractivity contribution in [3.05, 3.63) is 35.0 Å². The Hall–Kier alpha value is -0.950. The number of aromatic nitrogens is 1. The van der Waals surface area contributed by atoms with Gasteiger partial charge in [-0.2, -0.15) is 0 Å². The lowest BCUT2D eigenvalue weighted by Gasteiger charge is -2.01. The molecule has 2 rings (SSSR count). The fourth-order valence-electron chi connectivity index (χ4n) is 2.45. The normalized spacial score (nSPS) is 11.2. The van der Waals surface area contributed by atoms with E-state index in [4.69, 9.17) is 11.6 Å². The molecule has 98 valence electrons. The number of rotatable bonds is 7. The van der Waals surface area contributed by atoms with Crippen LogP contribution in [0.1, 0.15) is 51.0 Å². The summed E-state index contributed by atoms with van der Waals surface area (Å²) in [7, 11) is 0. The molecule has 0 unspecified atom stereocenters. The number of fused-ring (bicyclic) bond motifs is 1. The van der Waals surface area contributed by atoms with Crippen molar-refractivity contribution in [1.82, 2.24) is 4.98 Å². The summed E-state index contributed by atoms with van der Waals surface area (Å²) in [5.41, 5.74) is 2.60. The van der Waals surface area contributed by atoms with Gasteiger partial charge in [0.25, 0.3) is 0 Å². The van der Waals surface area contributed by atoms with Crippen LogP contribution in [0.25, 0.3) is 10.9 Å². The van der Waals surface area contributed by atoms with Crippen LogP contribution in [0.4, 0.5) is 0 Å². The Morgan fingerprint density at radius 2 is 1.83 bits per heavy atom. The van der Waals surface area contributed by atoms with E-state index in [2.05, 4.69) is 30.2 Å². The molecule has 0 aliphatic carbocycles. The molecule has 2 heteroatoms. The molecule has 0 bridgehead atoms. The monoisotopic (exact) mass is 263 g/mol. The van der Waals surface area contributed by atoms with Gasteiger partial charge >= 0.3 is 0 Å². The fraction of sp³-hybridized carbons (Fsp3) is 0.500. The molecule has 2 aromatic rings. The van der Waals surface area contributed by atoms with E-state index in [1.165, 1.54) is 55.0 Å². The van der Waals surface area contributed by atoms with E-state index in [0.29, 0.717) is 0 Å². The lowest BCUT2D eigenvalue weighted by atomic mass is 10.0. The van der Waals surface area contributed by atoms with Crippen LogP contribution in [0.2, 0.25) is 5.02 Å². The van der Waals surface area contributed by atoms with Crippen molar-refractivity contribution in [2.75, 3.05) is 0 Å². The van der Waals surface area contributed by atoms with Crippen LogP contribution in [-0.2, 0) is 6.42 Å². The van der Waals surface area contributed by atoms with Crippen LogP contribution in [0.5, 0.6) is 0 Å². The lowest BCUT2D eigenvalue weighted by molar-refractivity contribution is 0.608. The van der Waals surface area contributed by atoms with Crippen molar-refractivity contribution in [3.8, 4) is 0 Å². The van der Waals surface area contributed by atoms with E-state index in [9.17, 15) is 0 Å². The highest BCUT2D eigenvalue weighted by Gasteiger charge is 2.03. The minimum atomic E-state index is 0.825. The molecule has 0 atom stereocenters. The van der Waals surface area contributed by atoms with Crippen molar-refractivity contribution < 1.29 is 0 Å². The second kappa shape index (κ2) is 6.84. The van der Waals surface area contributed by atoms with Gasteiger partial charge in [0, 0.05) is 22.1 Å². The van der Waals surface area contributed by atoms with Gasteiger partial charge in [0.05, 0.1) is 0 Å². The maximum absolute atomic E-state index is 6.05. The number of aryl methyl sites for hydroxylation is 1. The second-order valence-electron chi connectivity index (χ2n) is 5.02. The first-order valence-corrected chi connectivity index (χ1v) is 7.44. The maximum Gasteiger partial charge on any atom is 0.0457 e. The SMILES string of the molecule is CCCCCCCCc1c[nH]c2ccc(Cl)cc12. The van der Waals surface area contributed by atoms with Gasteiger partial charge in [-0.25, -0.2) is 0 Å². The van der Waals surface area contributed by atoms with Gasteiger partial charge in [-0.05, 0) is 36.6 Å². The number of nitrogens with one attached hydrogen (secondary N) is 1. The highest BCUT2D eigenvalue weighted by molar-refractivity contribution is 6.31. The number of unbranched alkanes of at least 4 members (excludes halogenated alkanes) is 5. The molecule has 18 heavy (non-hydrogen) atoms. The third-order valence-electron chi connectivity index (χ3n) is 3.53. The third-order valence-corrected chi connectivity index (χ3v) is 3.76. The van der Waals surface area contributed by atoms with Crippen molar-refractivity contribution in [2.45, 2.75) is 51.9 Å². The Morgan fingerprint density at radius 1 is 1.06 bits per heavy atom. The van der Waals surface area contributed by atoms with Crippen LogP contribution >= 0.6 is 11.6 Å². The number of hydrogen-bond donors (Lipinski definition) is 1. The predicted molar refractivity (Wildman–Crippen MR) is 80.4 cm³/mol. The van der Waals surface area contributed by atoms with Crippen molar-refractivity contribution in [2.24, 2.45) is 0 Å². The zero-order valence-corrected chi connectivity index (χ0v) is 11.9. The standard InChI is InChI=1S/C16H22ClN/c1-2-3-4-5-6-7-8-13-12-18-16-10-9-14(17)11-15(13)16/h9-12,18H,2-8H2,1H3. The Balaban J connectivity index is 1.86. The van der Waals surface area contributed by atoms with E-state index in [1.807, 2.05) is 6.07 Å². The van der Waals surface area contributed by atoms with Gasteiger partial charge in [0.15, 0.2) is 0 Å². The Labute approximate surface area is 115 Å². The van der Waals surface area contributed by atoms with Crippen molar-refractivity contribution in [1.29, 1.82) is 0 Å². The first kappa shape index (κ1) is 13.5. The Bertz CT molecular complexity index is 487. The maximum atomic E-state index is 6.05. The molecular weight excluding hydrogens is 242 g/mol. The first-order chi connectivity index (χ1) is 8.81. The zero-order chi connectivity index (χ0) is 12.8. The summed E-state index contributed by atoms with van der Waals surface area (Å²) in [6, 6.07) is 6.07. The predicted octanol–water partition coefficient (Wildman–Crippen LogP) is 5.72. The minimum absolute atomic E-state index is 0.825. The summed E-state index contributed by atoms with van der Waals surface area (Å²) in [5, 5.41) is 2.11. The molecule has 1 aromatic heterocycles. The molecular formula is C16H22ClN. The number of aromatic amines is 1. The summed E-state index contributed by atoms with van der Waals surface area (Å²) in [4.78, 5) is 3.32.